The molecular formula is C29H31ClO3. The van der Waals surface area contributed by atoms with E-state index in [0.29, 0.717) is 18.1 Å². The smallest absolute Gasteiger partial charge is 0.311 e. The van der Waals surface area contributed by atoms with Gasteiger partial charge in [0, 0.05) is 5.88 Å². The lowest BCUT2D eigenvalue weighted by Crippen LogP contribution is -2.17. The number of benzene rings is 3. The lowest BCUT2D eigenvalue weighted by atomic mass is 9.87. The Morgan fingerprint density at radius 3 is 1.97 bits per heavy atom. The summed E-state index contributed by atoms with van der Waals surface area (Å²) in [5, 5.41) is 9.82. The van der Waals surface area contributed by atoms with Gasteiger partial charge in [-0.05, 0) is 70.4 Å². The van der Waals surface area contributed by atoms with Gasteiger partial charge in [-0.2, -0.15) is 0 Å². The molecule has 0 aliphatic heterocycles. The monoisotopic (exact) mass is 462 g/mol. The van der Waals surface area contributed by atoms with Crippen LogP contribution in [0.1, 0.15) is 56.7 Å². The number of phenols is 1. The molecule has 0 amide bonds. The lowest BCUT2D eigenvalue weighted by molar-refractivity contribution is -0.136. The topological polar surface area (TPSA) is 46.5 Å². The molecule has 33 heavy (non-hydrogen) atoms. The second-order valence-corrected chi connectivity index (χ2v) is 9.67. The Balaban J connectivity index is 2.05. The normalized spacial score (nSPS) is 12.2. The van der Waals surface area contributed by atoms with Gasteiger partial charge in [0.2, 0.25) is 0 Å². The van der Waals surface area contributed by atoms with Crippen LogP contribution in [0.3, 0.4) is 0 Å². The molecule has 172 valence electrons. The van der Waals surface area contributed by atoms with Crippen molar-refractivity contribution < 1.29 is 14.6 Å². The molecule has 0 bridgehead atoms. The van der Waals surface area contributed by atoms with E-state index in [-0.39, 0.29) is 17.1 Å². The standard InChI is InChI=1S/C29H31ClO3/c1-29(2,3)20-27(32)33-25-17-13-23(14-18-25)28(22-11-15-24(31)16-12-22)26(10-7-19-30)21-8-5-4-6-9-21/h4-6,8-9,11-18,31H,7,10,19-20H2,1-3H3. The van der Waals surface area contributed by atoms with Crippen LogP contribution in [0.4, 0.5) is 0 Å². The first-order chi connectivity index (χ1) is 15.8. The van der Waals surface area contributed by atoms with Crippen LogP contribution in [0, 0.1) is 5.41 Å². The summed E-state index contributed by atoms with van der Waals surface area (Å²) < 4.78 is 5.55. The summed E-state index contributed by atoms with van der Waals surface area (Å²) in [6.45, 7) is 6.04. The van der Waals surface area contributed by atoms with Crippen molar-refractivity contribution in [3.8, 4) is 11.5 Å². The van der Waals surface area contributed by atoms with Gasteiger partial charge in [0.15, 0.2) is 0 Å². The maximum atomic E-state index is 12.2. The quantitative estimate of drug-likeness (QED) is 0.161. The van der Waals surface area contributed by atoms with Gasteiger partial charge in [-0.15, -0.1) is 11.6 Å². The zero-order valence-corrected chi connectivity index (χ0v) is 20.2. The van der Waals surface area contributed by atoms with Gasteiger partial charge < -0.3 is 9.84 Å². The first-order valence-corrected chi connectivity index (χ1v) is 11.8. The molecule has 4 heteroatoms. The zero-order chi connectivity index (χ0) is 23.8. The number of phenolic OH excluding ortho intramolecular Hbond substituents is 1. The molecule has 1 N–H and O–H groups in total. The van der Waals surface area contributed by atoms with Crippen LogP contribution < -0.4 is 4.74 Å². The van der Waals surface area contributed by atoms with Gasteiger partial charge in [-0.25, -0.2) is 0 Å². The van der Waals surface area contributed by atoms with Crippen LogP contribution in [0.5, 0.6) is 11.5 Å². The van der Waals surface area contributed by atoms with Gasteiger partial charge in [0.25, 0.3) is 0 Å². The van der Waals surface area contributed by atoms with Crippen LogP contribution in [0.2, 0.25) is 0 Å². The average molecular weight is 463 g/mol. The third kappa shape index (κ3) is 7.23. The van der Waals surface area contributed by atoms with Crippen LogP contribution in [-0.2, 0) is 4.79 Å². The molecule has 0 atom stereocenters. The highest BCUT2D eigenvalue weighted by Gasteiger charge is 2.18. The molecule has 0 saturated heterocycles. The highest BCUT2D eigenvalue weighted by molar-refractivity contribution is 6.17. The van der Waals surface area contributed by atoms with Crippen molar-refractivity contribution in [1.29, 1.82) is 0 Å². The van der Waals surface area contributed by atoms with E-state index in [1.165, 1.54) is 5.57 Å². The number of hydrogen-bond donors (Lipinski definition) is 1. The predicted molar refractivity (Wildman–Crippen MR) is 137 cm³/mol. The Morgan fingerprint density at radius 1 is 0.848 bits per heavy atom. The van der Waals surface area contributed by atoms with Gasteiger partial charge in [0.05, 0.1) is 6.42 Å². The van der Waals surface area contributed by atoms with Gasteiger partial charge in [-0.3, -0.25) is 4.79 Å². The summed E-state index contributed by atoms with van der Waals surface area (Å²) in [5.41, 5.74) is 5.26. The predicted octanol–water partition coefficient (Wildman–Crippen LogP) is 7.71. The zero-order valence-electron chi connectivity index (χ0n) is 19.5. The fraction of sp³-hybridized carbons (Fsp3) is 0.276. The Kier molecular flexibility index (Phi) is 8.35. The fourth-order valence-electron chi connectivity index (χ4n) is 3.73. The number of rotatable bonds is 8. The van der Waals surface area contributed by atoms with Gasteiger partial charge in [0.1, 0.15) is 11.5 Å². The highest BCUT2D eigenvalue weighted by Crippen LogP contribution is 2.36. The van der Waals surface area contributed by atoms with Crippen LogP contribution in [0.25, 0.3) is 11.1 Å². The van der Waals surface area contributed by atoms with E-state index >= 15 is 0 Å². The number of aromatic hydroxyl groups is 1. The molecular weight excluding hydrogens is 432 g/mol. The van der Waals surface area contributed by atoms with Gasteiger partial charge in [-0.1, -0.05) is 75.4 Å². The molecule has 3 aromatic rings. The Morgan fingerprint density at radius 2 is 1.42 bits per heavy atom. The van der Waals surface area contributed by atoms with E-state index in [1.807, 2.05) is 75.4 Å². The number of halogens is 1. The van der Waals surface area contributed by atoms with Crippen LogP contribution >= 0.6 is 11.6 Å². The summed E-state index contributed by atoms with van der Waals surface area (Å²) >= 11 is 6.06. The number of allylic oxidation sites excluding steroid dienone is 1. The number of carbonyl (C=O) groups excluding carboxylic acids is 1. The number of carbonyl (C=O) groups is 1. The van der Waals surface area contributed by atoms with Crippen LogP contribution in [-0.4, -0.2) is 17.0 Å². The van der Waals surface area contributed by atoms with Crippen molar-refractivity contribution >= 4 is 28.7 Å². The van der Waals surface area contributed by atoms with E-state index < -0.39 is 0 Å². The van der Waals surface area contributed by atoms with Crippen molar-refractivity contribution in [3.05, 3.63) is 95.6 Å². The second-order valence-electron chi connectivity index (χ2n) is 9.29. The number of ether oxygens (including phenoxy) is 1. The molecule has 3 rings (SSSR count). The molecule has 0 fully saturated rings. The van der Waals surface area contributed by atoms with Crippen molar-refractivity contribution in [2.45, 2.75) is 40.0 Å². The van der Waals surface area contributed by atoms with Crippen molar-refractivity contribution in [3.63, 3.8) is 0 Å². The number of esters is 1. The Labute approximate surface area is 201 Å². The van der Waals surface area contributed by atoms with E-state index in [0.717, 1.165) is 35.1 Å². The molecule has 3 aromatic carbocycles. The van der Waals surface area contributed by atoms with Crippen molar-refractivity contribution in [1.82, 2.24) is 0 Å². The second kappa shape index (κ2) is 11.2. The minimum Gasteiger partial charge on any atom is -0.508 e. The number of alkyl halides is 1. The van der Waals surface area contributed by atoms with E-state index in [2.05, 4.69) is 12.1 Å². The first-order valence-electron chi connectivity index (χ1n) is 11.2. The SMILES string of the molecule is CC(C)(C)CC(=O)Oc1ccc(C(=C(CCCCl)c2ccccc2)c2ccc(O)cc2)cc1. The lowest BCUT2D eigenvalue weighted by Gasteiger charge is -2.18. The highest BCUT2D eigenvalue weighted by atomic mass is 35.5. The summed E-state index contributed by atoms with van der Waals surface area (Å²) in [7, 11) is 0. The maximum absolute atomic E-state index is 12.2. The minimum absolute atomic E-state index is 0.126. The molecule has 0 spiro atoms. The van der Waals surface area contributed by atoms with Crippen molar-refractivity contribution in [2.75, 3.05) is 5.88 Å². The number of hydrogen-bond acceptors (Lipinski definition) is 3. The molecule has 0 saturated carbocycles. The Bertz CT molecular complexity index is 1080. The van der Waals surface area contributed by atoms with E-state index in [1.54, 1.807) is 12.1 Å². The molecule has 0 radical (unpaired) electrons. The van der Waals surface area contributed by atoms with E-state index in [9.17, 15) is 9.90 Å². The Hall–Kier alpha value is -3.04. The van der Waals surface area contributed by atoms with Crippen LogP contribution in [0.15, 0.2) is 78.9 Å². The molecule has 3 nitrogen and oxygen atoms in total. The average Bonchev–Trinajstić information content (AvgIpc) is 2.78. The summed E-state index contributed by atoms with van der Waals surface area (Å²) in [5.74, 6) is 1.08. The minimum atomic E-state index is -0.239. The summed E-state index contributed by atoms with van der Waals surface area (Å²) in [4.78, 5) is 12.2. The van der Waals surface area contributed by atoms with Gasteiger partial charge >= 0.3 is 5.97 Å². The van der Waals surface area contributed by atoms with E-state index in [4.69, 9.17) is 16.3 Å². The summed E-state index contributed by atoms with van der Waals surface area (Å²) in [6, 6.07) is 25.1. The molecule has 0 aliphatic rings. The third-order valence-electron chi connectivity index (χ3n) is 5.19. The maximum Gasteiger partial charge on any atom is 0.311 e. The molecule has 0 aromatic heterocycles. The first kappa shape index (κ1) is 24.6. The molecule has 0 aliphatic carbocycles. The molecule has 0 unspecified atom stereocenters. The third-order valence-corrected chi connectivity index (χ3v) is 5.46. The summed E-state index contributed by atoms with van der Waals surface area (Å²) in [6.07, 6.45) is 2.01. The van der Waals surface area contributed by atoms with Crippen molar-refractivity contribution in [2.24, 2.45) is 5.41 Å². The largest absolute Gasteiger partial charge is 0.508 e. The fourth-order valence-corrected chi connectivity index (χ4v) is 3.86. The molecule has 0 heterocycles.